The summed E-state index contributed by atoms with van der Waals surface area (Å²) in [7, 11) is 0. The Morgan fingerprint density at radius 2 is 1.63 bits per heavy atom. The van der Waals surface area contributed by atoms with Gasteiger partial charge in [-0.3, -0.25) is 4.79 Å². The molecule has 2 aromatic rings. The second-order valence-corrected chi connectivity index (χ2v) is 9.50. The van der Waals surface area contributed by atoms with Gasteiger partial charge in [0.1, 0.15) is 0 Å². The van der Waals surface area contributed by atoms with Gasteiger partial charge in [-0.1, -0.05) is 48.5 Å². The third-order valence-electron chi connectivity index (χ3n) is 6.40. The SMILES string of the molecule is CC1(C)CN(C(=O)c2ccccc2)C[C@]2(CCCN(CCc3ccccc3)CC2)O1. The van der Waals surface area contributed by atoms with Gasteiger partial charge in [0.15, 0.2) is 0 Å². The number of hydrogen-bond donors (Lipinski definition) is 0. The van der Waals surface area contributed by atoms with Crippen molar-refractivity contribution in [2.24, 2.45) is 0 Å². The number of rotatable bonds is 4. The van der Waals surface area contributed by atoms with E-state index < -0.39 is 0 Å². The molecule has 0 radical (unpaired) electrons. The van der Waals surface area contributed by atoms with E-state index in [0.29, 0.717) is 13.1 Å². The Kier molecular flexibility index (Phi) is 6.26. The van der Waals surface area contributed by atoms with E-state index in [9.17, 15) is 4.79 Å². The van der Waals surface area contributed by atoms with Gasteiger partial charge < -0.3 is 14.5 Å². The van der Waals surface area contributed by atoms with Crippen LogP contribution in [0.15, 0.2) is 60.7 Å². The van der Waals surface area contributed by atoms with Crippen LogP contribution < -0.4 is 0 Å². The summed E-state index contributed by atoms with van der Waals surface area (Å²) in [5.74, 6) is 0.122. The molecule has 160 valence electrons. The van der Waals surface area contributed by atoms with Crippen LogP contribution in [0.1, 0.15) is 49.0 Å². The smallest absolute Gasteiger partial charge is 0.254 e. The lowest BCUT2D eigenvalue weighted by Crippen LogP contribution is -2.61. The van der Waals surface area contributed by atoms with E-state index in [1.165, 1.54) is 5.56 Å². The first-order valence-corrected chi connectivity index (χ1v) is 11.3. The van der Waals surface area contributed by atoms with Crippen molar-refractivity contribution < 1.29 is 9.53 Å². The molecule has 0 aromatic heterocycles. The number of ether oxygens (including phenoxy) is 1. The monoisotopic (exact) mass is 406 g/mol. The molecule has 4 rings (SSSR count). The van der Waals surface area contributed by atoms with Gasteiger partial charge in [-0.05, 0) is 63.8 Å². The summed E-state index contributed by atoms with van der Waals surface area (Å²) < 4.78 is 6.69. The fraction of sp³-hybridized carbons (Fsp3) is 0.500. The zero-order chi connectivity index (χ0) is 21.0. The Morgan fingerprint density at radius 1 is 0.933 bits per heavy atom. The van der Waals surface area contributed by atoms with Gasteiger partial charge in [-0.2, -0.15) is 0 Å². The van der Waals surface area contributed by atoms with Crippen molar-refractivity contribution in [2.75, 3.05) is 32.7 Å². The summed E-state index contributed by atoms with van der Waals surface area (Å²) in [5, 5.41) is 0. The number of hydrogen-bond acceptors (Lipinski definition) is 3. The van der Waals surface area contributed by atoms with Gasteiger partial charge in [0.05, 0.1) is 17.7 Å². The second-order valence-electron chi connectivity index (χ2n) is 9.50. The second kappa shape index (κ2) is 8.91. The molecule has 1 amide bonds. The number of carbonyl (C=O) groups excluding carboxylic acids is 1. The quantitative estimate of drug-likeness (QED) is 0.754. The Balaban J connectivity index is 1.42. The number of morpholine rings is 1. The van der Waals surface area contributed by atoms with Crippen molar-refractivity contribution in [1.82, 2.24) is 9.80 Å². The molecular weight excluding hydrogens is 372 g/mol. The van der Waals surface area contributed by atoms with Crippen LogP contribution in [0.3, 0.4) is 0 Å². The van der Waals surface area contributed by atoms with E-state index in [-0.39, 0.29) is 17.1 Å². The molecule has 2 saturated heterocycles. The van der Waals surface area contributed by atoms with Crippen molar-refractivity contribution in [2.45, 2.75) is 50.7 Å². The highest BCUT2D eigenvalue weighted by Crippen LogP contribution is 2.37. The van der Waals surface area contributed by atoms with Crippen molar-refractivity contribution in [3.63, 3.8) is 0 Å². The average Bonchev–Trinajstić information content (AvgIpc) is 2.93. The van der Waals surface area contributed by atoms with Crippen LogP contribution in [0.5, 0.6) is 0 Å². The molecule has 0 saturated carbocycles. The third-order valence-corrected chi connectivity index (χ3v) is 6.40. The van der Waals surface area contributed by atoms with Crippen molar-refractivity contribution in [1.29, 1.82) is 0 Å². The van der Waals surface area contributed by atoms with E-state index in [2.05, 4.69) is 49.1 Å². The zero-order valence-corrected chi connectivity index (χ0v) is 18.3. The van der Waals surface area contributed by atoms with Crippen LogP contribution in [0.4, 0.5) is 0 Å². The molecule has 1 atom stereocenters. The molecule has 0 N–H and O–H groups in total. The van der Waals surface area contributed by atoms with Crippen molar-refractivity contribution >= 4 is 5.91 Å². The fourth-order valence-corrected chi connectivity index (χ4v) is 5.06. The number of carbonyl (C=O) groups is 1. The summed E-state index contributed by atoms with van der Waals surface area (Å²) in [6, 6.07) is 20.4. The third kappa shape index (κ3) is 5.11. The maximum Gasteiger partial charge on any atom is 0.254 e. The predicted molar refractivity (Wildman–Crippen MR) is 121 cm³/mol. The summed E-state index contributed by atoms with van der Waals surface area (Å²) in [4.78, 5) is 17.8. The lowest BCUT2D eigenvalue weighted by molar-refractivity contribution is -0.192. The summed E-state index contributed by atoms with van der Waals surface area (Å²) in [6.45, 7) is 8.78. The molecule has 2 heterocycles. The summed E-state index contributed by atoms with van der Waals surface area (Å²) >= 11 is 0. The molecule has 2 aliphatic rings. The first-order chi connectivity index (χ1) is 14.4. The molecule has 1 spiro atoms. The van der Waals surface area contributed by atoms with E-state index in [4.69, 9.17) is 4.74 Å². The molecule has 4 heteroatoms. The minimum absolute atomic E-state index is 0.122. The van der Waals surface area contributed by atoms with Crippen LogP contribution in [0.25, 0.3) is 0 Å². The Morgan fingerprint density at radius 3 is 2.37 bits per heavy atom. The first-order valence-electron chi connectivity index (χ1n) is 11.3. The van der Waals surface area contributed by atoms with Gasteiger partial charge in [0, 0.05) is 25.2 Å². The Labute approximate surface area is 180 Å². The number of benzene rings is 2. The van der Waals surface area contributed by atoms with Gasteiger partial charge in [0.2, 0.25) is 0 Å². The zero-order valence-electron chi connectivity index (χ0n) is 18.3. The maximum atomic E-state index is 13.2. The maximum absolute atomic E-state index is 13.2. The summed E-state index contributed by atoms with van der Waals surface area (Å²) in [5.41, 5.74) is 1.59. The number of likely N-dealkylation sites (tertiary alicyclic amines) is 1. The van der Waals surface area contributed by atoms with Gasteiger partial charge in [0.25, 0.3) is 5.91 Å². The topological polar surface area (TPSA) is 32.8 Å². The summed E-state index contributed by atoms with van der Waals surface area (Å²) in [6.07, 6.45) is 4.18. The van der Waals surface area contributed by atoms with Crippen molar-refractivity contribution in [3.8, 4) is 0 Å². The normalized spacial score (nSPS) is 24.5. The van der Waals surface area contributed by atoms with E-state index in [1.54, 1.807) is 0 Å². The van der Waals surface area contributed by atoms with E-state index in [0.717, 1.165) is 50.9 Å². The van der Waals surface area contributed by atoms with Gasteiger partial charge >= 0.3 is 0 Å². The lowest BCUT2D eigenvalue weighted by atomic mass is 9.88. The minimum atomic E-state index is -0.331. The van der Waals surface area contributed by atoms with Crippen LogP contribution in [0.2, 0.25) is 0 Å². The van der Waals surface area contributed by atoms with Gasteiger partial charge in [-0.25, -0.2) is 0 Å². The lowest BCUT2D eigenvalue weighted by Gasteiger charge is -2.50. The highest BCUT2D eigenvalue weighted by Gasteiger charge is 2.46. The van der Waals surface area contributed by atoms with Crippen LogP contribution in [-0.2, 0) is 11.2 Å². The molecule has 0 unspecified atom stereocenters. The van der Waals surface area contributed by atoms with Crippen LogP contribution in [-0.4, -0.2) is 59.6 Å². The largest absolute Gasteiger partial charge is 0.365 e. The Hall–Kier alpha value is -2.17. The van der Waals surface area contributed by atoms with Crippen LogP contribution in [0, 0.1) is 0 Å². The number of nitrogens with zero attached hydrogens (tertiary/aromatic N) is 2. The molecule has 0 aliphatic carbocycles. The predicted octanol–water partition coefficient (Wildman–Crippen LogP) is 4.41. The fourth-order valence-electron chi connectivity index (χ4n) is 5.06. The molecule has 2 fully saturated rings. The van der Waals surface area contributed by atoms with Gasteiger partial charge in [-0.15, -0.1) is 0 Å². The molecule has 2 aliphatic heterocycles. The van der Waals surface area contributed by atoms with Crippen molar-refractivity contribution in [3.05, 3.63) is 71.8 Å². The van der Waals surface area contributed by atoms with Crippen LogP contribution >= 0.6 is 0 Å². The van der Waals surface area contributed by atoms with E-state index in [1.807, 2.05) is 35.2 Å². The molecule has 30 heavy (non-hydrogen) atoms. The molecule has 2 aromatic carbocycles. The standard InChI is InChI=1S/C26H34N2O2/c1-25(2)20-28(24(29)23-12-7-4-8-13-23)21-26(30-25)15-9-17-27(19-16-26)18-14-22-10-5-3-6-11-22/h3-8,10-13H,9,14-21H2,1-2H3/t26-/m1/s1. The highest BCUT2D eigenvalue weighted by molar-refractivity contribution is 5.94. The molecule has 0 bridgehead atoms. The molecule has 4 nitrogen and oxygen atoms in total. The minimum Gasteiger partial charge on any atom is -0.365 e. The molecular formula is C26H34N2O2. The highest BCUT2D eigenvalue weighted by atomic mass is 16.5. The first kappa shape index (κ1) is 21.1. The average molecular weight is 407 g/mol. The number of amides is 1. The Bertz CT molecular complexity index is 837. The van der Waals surface area contributed by atoms with E-state index >= 15 is 0 Å².